The summed E-state index contributed by atoms with van der Waals surface area (Å²) in [5.41, 5.74) is 0.777. The summed E-state index contributed by atoms with van der Waals surface area (Å²) in [7, 11) is -3.74. The number of hydrogen-bond donors (Lipinski definition) is 2. The molecule has 1 unspecified atom stereocenters. The van der Waals surface area contributed by atoms with Gasteiger partial charge >= 0.3 is 0 Å². The molecule has 2 N–H and O–H groups in total. The van der Waals surface area contributed by atoms with E-state index in [2.05, 4.69) is 9.90 Å². The van der Waals surface area contributed by atoms with Crippen LogP contribution in [0.3, 0.4) is 0 Å². The van der Waals surface area contributed by atoms with Crippen LogP contribution >= 0.6 is 0 Å². The molecule has 2 rings (SSSR count). The van der Waals surface area contributed by atoms with Crippen LogP contribution in [0.1, 0.15) is 11.7 Å². The second-order valence-corrected chi connectivity index (χ2v) is 6.13. The van der Waals surface area contributed by atoms with E-state index in [1.807, 2.05) is 6.07 Å². The lowest BCUT2D eigenvalue weighted by Crippen LogP contribution is -2.28. The van der Waals surface area contributed by atoms with E-state index in [9.17, 15) is 18.4 Å². The number of nitroso groups, excluding NO2 is 1. The van der Waals surface area contributed by atoms with Crippen LogP contribution in [0.25, 0.3) is 0 Å². The van der Waals surface area contributed by atoms with Gasteiger partial charge in [0.05, 0.1) is 11.0 Å². The third kappa shape index (κ3) is 3.94. The maximum Gasteiger partial charge on any atom is 0.240 e. The van der Waals surface area contributed by atoms with Crippen molar-refractivity contribution >= 4 is 15.7 Å². The molecule has 0 aliphatic rings. The van der Waals surface area contributed by atoms with E-state index in [-0.39, 0.29) is 17.1 Å². The van der Waals surface area contributed by atoms with E-state index in [0.29, 0.717) is 5.56 Å². The van der Waals surface area contributed by atoms with Gasteiger partial charge in [0.1, 0.15) is 5.69 Å². The van der Waals surface area contributed by atoms with Gasteiger partial charge in [0.2, 0.25) is 10.0 Å². The van der Waals surface area contributed by atoms with E-state index < -0.39 is 16.1 Å². The maximum atomic E-state index is 12.0. The summed E-state index contributed by atoms with van der Waals surface area (Å²) < 4.78 is 26.4. The lowest BCUT2D eigenvalue weighted by atomic mass is 10.1. The summed E-state index contributed by atoms with van der Waals surface area (Å²) in [5.74, 6) is 0. The van der Waals surface area contributed by atoms with E-state index >= 15 is 0 Å². The summed E-state index contributed by atoms with van der Waals surface area (Å²) in [6, 6.07) is 14.0. The fourth-order valence-electron chi connectivity index (χ4n) is 1.75. The van der Waals surface area contributed by atoms with Gasteiger partial charge in [0.25, 0.3) is 0 Å². The highest BCUT2D eigenvalue weighted by Gasteiger charge is 2.16. The van der Waals surface area contributed by atoms with E-state index in [4.69, 9.17) is 0 Å². The van der Waals surface area contributed by atoms with Gasteiger partial charge in [-0.15, -0.1) is 4.91 Å². The van der Waals surface area contributed by atoms with Gasteiger partial charge in [-0.3, -0.25) is 0 Å². The first kappa shape index (κ1) is 15.3. The number of rotatable bonds is 6. The van der Waals surface area contributed by atoms with Gasteiger partial charge in [0, 0.05) is 6.54 Å². The monoisotopic (exact) mass is 306 g/mol. The highest BCUT2D eigenvalue weighted by molar-refractivity contribution is 7.89. The number of nitrogens with zero attached hydrogens (tertiary/aromatic N) is 1. The standard InChI is InChI=1S/C14H14N2O4S/c17-14(11-4-2-1-3-5-11)10-15-21(19,20)13-8-6-12(16-18)7-9-13/h1-9,14-15,17H,10H2. The maximum absolute atomic E-state index is 12.0. The number of nitrogens with one attached hydrogen (secondary N) is 1. The van der Waals surface area contributed by atoms with Crippen LogP contribution in [-0.2, 0) is 10.0 Å². The minimum absolute atomic E-state index is 0.00941. The largest absolute Gasteiger partial charge is 0.387 e. The summed E-state index contributed by atoms with van der Waals surface area (Å²) in [5, 5.41) is 12.6. The van der Waals surface area contributed by atoms with Gasteiger partial charge in [-0.1, -0.05) is 30.3 Å². The quantitative estimate of drug-likeness (QED) is 0.799. The molecule has 0 aliphatic carbocycles. The summed E-state index contributed by atoms with van der Waals surface area (Å²) in [6.07, 6.45) is -0.933. The van der Waals surface area contributed by atoms with Crippen LogP contribution in [0.15, 0.2) is 64.7 Å². The van der Waals surface area contributed by atoms with Crippen molar-refractivity contribution in [1.82, 2.24) is 4.72 Å². The molecule has 7 heteroatoms. The Morgan fingerprint density at radius 2 is 1.67 bits per heavy atom. The molecule has 0 aromatic heterocycles. The second kappa shape index (κ2) is 6.57. The molecule has 2 aromatic rings. The topological polar surface area (TPSA) is 95.8 Å². The van der Waals surface area contributed by atoms with Crippen LogP contribution in [0.4, 0.5) is 5.69 Å². The van der Waals surface area contributed by atoms with Gasteiger partial charge in [-0.2, -0.15) is 0 Å². The third-order valence-electron chi connectivity index (χ3n) is 2.90. The Morgan fingerprint density at radius 1 is 1.05 bits per heavy atom. The molecule has 21 heavy (non-hydrogen) atoms. The van der Waals surface area contributed by atoms with Crippen molar-refractivity contribution in [2.45, 2.75) is 11.0 Å². The van der Waals surface area contributed by atoms with Crippen LogP contribution in [-0.4, -0.2) is 20.1 Å². The molecule has 0 heterocycles. The first-order chi connectivity index (χ1) is 10.0. The van der Waals surface area contributed by atoms with Crippen molar-refractivity contribution < 1.29 is 13.5 Å². The molecule has 0 fully saturated rings. The number of sulfonamides is 1. The van der Waals surface area contributed by atoms with E-state index in [1.54, 1.807) is 24.3 Å². The predicted molar refractivity (Wildman–Crippen MR) is 78.5 cm³/mol. The Hall–Kier alpha value is -2.09. The van der Waals surface area contributed by atoms with Crippen molar-refractivity contribution in [2.75, 3.05) is 6.54 Å². The minimum atomic E-state index is -3.74. The zero-order chi connectivity index (χ0) is 15.3. The second-order valence-electron chi connectivity index (χ2n) is 4.36. The first-order valence-corrected chi connectivity index (χ1v) is 7.67. The minimum Gasteiger partial charge on any atom is -0.387 e. The first-order valence-electron chi connectivity index (χ1n) is 6.19. The third-order valence-corrected chi connectivity index (χ3v) is 4.34. The Kier molecular flexibility index (Phi) is 4.79. The number of hydrogen-bond acceptors (Lipinski definition) is 5. The Bertz CT molecular complexity index is 700. The summed E-state index contributed by atoms with van der Waals surface area (Å²) >= 11 is 0. The van der Waals surface area contributed by atoms with E-state index in [1.165, 1.54) is 24.3 Å². The van der Waals surface area contributed by atoms with Gasteiger partial charge in [-0.05, 0) is 35.0 Å². The van der Waals surface area contributed by atoms with E-state index in [0.717, 1.165) is 0 Å². The smallest absolute Gasteiger partial charge is 0.240 e. The molecule has 0 saturated heterocycles. The van der Waals surface area contributed by atoms with Crippen LogP contribution in [0.2, 0.25) is 0 Å². The highest BCUT2D eigenvalue weighted by Crippen LogP contribution is 2.17. The molecule has 0 spiro atoms. The Morgan fingerprint density at radius 3 is 2.24 bits per heavy atom. The summed E-state index contributed by atoms with van der Waals surface area (Å²) in [6.45, 7) is -0.139. The molecule has 0 aliphatic heterocycles. The Balaban J connectivity index is 2.05. The number of benzene rings is 2. The normalized spacial score (nSPS) is 12.8. The van der Waals surface area contributed by atoms with Crippen molar-refractivity contribution in [2.24, 2.45) is 5.18 Å². The predicted octanol–water partition coefficient (Wildman–Crippen LogP) is 2.10. The van der Waals surface area contributed by atoms with Crippen LogP contribution < -0.4 is 4.72 Å². The van der Waals surface area contributed by atoms with Crippen molar-refractivity contribution in [3.63, 3.8) is 0 Å². The lowest BCUT2D eigenvalue weighted by molar-refractivity contribution is 0.182. The average molecular weight is 306 g/mol. The SMILES string of the molecule is O=Nc1ccc(S(=O)(=O)NCC(O)c2ccccc2)cc1. The molecule has 0 radical (unpaired) electrons. The van der Waals surface area contributed by atoms with Crippen molar-refractivity contribution in [3.8, 4) is 0 Å². The van der Waals surface area contributed by atoms with Crippen LogP contribution in [0, 0.1) is 4.91 Å². The molecule has 0 saturated carbocycles. The van der Waals surface area contributed by atoms with Crippen molar-refractivity contribution in [3.05, 3.63) is 65.1 Å². The molecule has 1 atom stereocenters. The fourth-order valence-corrected chi connectivity index (χ4v) is 2.79. The van der Waals surface area contributed by atoms with Crippen molar-refractivity contribution in [1.29, 1.82) is 0 Å². The molecule has 6 nitrogen and oxygen atoms in total. The number of aliphatic hydroxyl groups excluding tert-OH is 1. The van der Waals surface area contributed by atoms with Crippen LogP contribution in [0.5, 0.6) is 0 Å². The molecular weight excluding hydrogens is 292 g/mol. The molecule has 110 valence electrons. The van der Waals surface area contributed by atoms with Gasteiger partial charge in [-0.25, -0.2) is 13.1 Å². The zero-order valence-corrected chi connectivity index (χ0v) is 11.8. The molecule has 0 bridgehead atoms. The Labute approximate surface area is 122 Å². The fraction of sp³-hybridized carbons (Fsp3) is 0.143. The molecular formula is C14H14N2O4S. The highest BCUT2D eigenvalue weighted by atomic mass is 32.2. The number of aliphatic hydroxyl groups is 1. The average Bonchev–Trinajstić information content (AvgIpc) is 2.53. The lowest BCUT2D eigenvalue weighted by Gasteiger charge is -2.12. The molecule has 0 amide bonds. The summed E-state index contributed by atoms with van der Waals surface area (Å²) in [4.78, 5) is 10.3. The van der Waals surface area contributed by atoms with Gasteiger partial charge < -0.3 is 5.11 Å². The molecule has 2 aromatic carbocycles. The van der Waals surface area contributed by atoms with Gasteiger partial charge in [0.15, 0.2) is 0 Å². The zero-order valence-electron chi connectivity index (χ0n) is 11.0.